The summed E-state index contributed by atoms with van der Waals surface area (Å²) in [7, 11) is 0. The number of hydrogen-bond donors (Lipinski definition) is 1. The second kappa shape index (κ2) is 10.5. The van der Waals surface area contributed by atoms with E-state index in [1.807, 2.05) is 0 Å². The molecule has 4 aliphatic carbocycles. The van der Waals surface area contributed by atoms with E-state index in [-0.39, 0.29) is 0 Å². The molecule has 4 fully saturated rings. The van der Waals surface area contributed by atoms with E-state index in [1.165, 1.54) is 76.2 Å². The van der Waals surface area contributed by atoms with Crippen molar-refractivity contribution in [3.05, 3.63) is 35.9 Å². The summed E-state index contributed by atoms with van der Waals surface area (Å²) in [6, 6.07) is 11.8. The quantitative estimate of drug-likeness (QED) is 0.393. The van der Waals surface area contributed by atoms with Gasteiger partial charge in [-0.25, -0.2) is 0 Å². The molecule has 7 unspecified atom stereocenters. The molecule has 9 atom stereocenters. The van der Waals surface area contributed by atoms with Gasteiger partial charge in [0.15, 0.2) is 0 Å². The van der Waals surface area contributed by atoms with Crippen molar-refractivity contribution in [2.24, 2.45) is 52.3 Å². The Morgan fingerprint density at radius 3 is 2.34 bits per heavy atom. The summed E-state index contributed by atoms with van der Waals surface area (Å²) in [5, 5.41) is 3.99. The predicted molar refractivity (Wildman–Crippen MR) is 150 cm³/mol. The average molecular weight is 478 g/mol. The van der Waals surface area contributed by atoms with Crippen LogP contribution in [-0.4, -0.2) is 6.04 Å². The zero-order valence-corrected chi connectivity index (χ0v) is 23.7. The third kappa shape index (κ3) is 5.02. The third-order valence-electron chi connectivity index (χ3n) is 12.3. The monoisotopic (exact) mass is 477 g/mol. The molecule has 35 heavy (non-hydrogen) atoms. The lowest BCUT2D eigenvalue weighted by Gasteiger charge is -2.61. The van der Waals surface area contributed by atoms with Gasteiger partial charge in [0.25, 0.3) is 0 Å². The van der Waals surface area contributed by atoms with Gasteiger partial charge in [0.2, 0.25) is 0 Å². The van der Waals surface area contributed by atoms with Crippen molar-refractivity contribution in [1.29, 1.82) is 0 Å². The Labute approximate surface area is 217 Å². The highest BCUT2D eigenvalue weighted by atomic mass is 14.9. The maximum Gasteiger partial charge on any atom is 0.0208 e. The maximum atomic E-state index is 3.99. The number of benzene rings is 1. The number of fused-ring (bicyclic) bond motifs is 5. The van der Waals surface area contributed by atoms with Crippen LogP contribution in [0.2, 0.25) is 0 Å². The van der Waals surface area contributed by atoms with Gasteiger partial charge >= 0.3 is 0 Å². The maximum absolute atomic E-state index is 3.99. The predicted octanol–water partition coefficient (Wildman–Crippen LogP) is 9.27. The fourth-order valence-corrected chi connectivity index (χ4v) is 10.4. The van der Waals surface area contributed by atoms with E-state index >= 15 is 0 Å². The molecule has 4 saturated carbocycles. The van der Waals surface area contributed by atoms with Gasteiger partial charge in [0, 0.05) is 12.6 Å². The molecule has 1 heteroatoms. The minimum absolute atomic E-state index is 0.567. The first-order valence-corrected chi connectivity index (χ1v) is 15.6. The van der Waals surface area contributed by atoms with Crippen molar-refractivity contribution in [2.75, 3.05) is 0 Å². The molecule has 1 aromatic carbocycles. The standard InChI is InChI=1S/C34H55N/c1-24(2)10-9-11-25(3)30-18-19-31-29-17-15-27-14-16-28(35-23-26-12-7-6-8-13-26)22-34(27,5)32(29)20-21-33(30,31)4/h6-8,12-13,24-25,27-32,35H,9-11,14-23H2,1-5H3/t25?,27?,28-,29?,30?,31?,32?,33?,34+/m1/s1. The van der Waals surface area contributed by atoms with Gasteiger partial charge in [-0.05, 0) is 116 Å². The first-order chi connectivity index (χ1) is 16.8. The molecule has 5 rings (SSSR count). The van der Waals surface area contributed by atoms with Crippen LogP contribution in [0.3, 0.4) is 0 Å². The summed E-state index contributed by atoms with van der Waals surface area (Å²) < 4.78 is 0. The van der Waals surface area contributed by atoms with Crippen LogP contribution in [0.25, 0.3) is 0 Å². The van der Waals surface area contributed by atoms with Gasteiger partial charge in [0.05, 0.1) is 0 Å². The zero-order chi connectivity index (χ0) is 24.6. The van der Waals surface area contributed by atoms with E-state index in [0.29, 0.717) is 16.9 Å². The van der Waals surface area contributed by atoms with Crippen molar-refractivity contribution in [1.82, 2.24) is 5.32 Å². The Kier molecular flexibility index (Phi) is 7.75. The van der Waals surface area contributed by atoms with Crippen LogP contribution < -0.4 is 5.32 Å². The number of nitrogens with one attached hydrogen (secondary N) is 1. The summed E-state index contributed by atoms with van der Waals surface area (Å²) in [6.07, 6.45) is 17.8. The molecule has 0 bridgehead atoms. The first-order valence-electron chi connectivity index (χ1n) is 15.6. The van der Waals surface area contributed by atoms with Gasteiger partial charge < -0.3 is 5.32 Å². The lowest BCUT2D eigenvalue weighted by molar-refractivity contribution is -0.119. The molecule has 196 valence electrons. The van der Waals surface area contributed by atoms with Crippen LogP contribution in [0, 0.1) is 52.3 Å². The largest absolute Gasteiger partial charge is 0.310 e. The number of hydrogen-bond acceptors (Lipinski definition) is 1. The van der Waals surface area contributed by atoms with E-state index < -0.39 is 0 Å². The van der Waals surface area contributed by atoms with Crippen molar-refractivity contribution in [2.45, 2.75) is 124 Å². The second-order valence-electron chi connectivity index (χ2n) is 14.5. The van der Waals surface area contributed by atoms with Crippen LogP contribution in [0.15, 0.2) is 30.3 Å². The molecule has 0 amide bonds. The van der Waals surface area contributed by atoms with Gasteiger partial charge in [-0.3, -0.25) is 0 Å². The molecule has 1 aromatic rings. The Hall–Kier alpha value is -0.820. The van der Waals surface area contributed by atoms with Crippen molar-refractivity contribution < 1.29 is 0 Å². The Morgan fingerprint density at radius 2 is 1.57 bits per heavy atom. The van der Waals surface area contributed by atoms with E-state index in [1.54, 1.807) is 6.42 Å². The first kappa shape index (κ1) is 25.8. The second-order valence-corrected chi connectivity index (χ2v) is 14.5. The Balaban J connectivity index is 1.25. The highest BCUT2D eigenvalue weighted by Crippen LogP contribution is 2.68. The van der Waals surface area contributed by atoms with Gasteiger partial charge in [-0.15, -0.1) is 0 Å². The highest BCUT2D eigenvalue weighted by molar-refractivity contribution is 5.15. The average Bonchev–Trinajstić information content (AvgIpc) is 3.20. The topological polar surface area (TPSA) is 12.0 Å². The summed E-state index contributed by atoms with van der Waals surface area (Å²) >= 11 is 0. The molecule has 1 N–H and O–H groups in total. The van der Waals surface area contributed by atoms with Crippen LogP contribution in [0.5, 0.6) is 0 Å². The van der Waals surface area contributed by atoms with Crippen molar-refractivity contribution in [3.63, 3.8) is 0 Å². The lowest BCUT2D eigenvalue weighted by Crippen LogP contribution is -2.55. The van der Waals surface area contributed by atoms with E-state index in [2.05, 4.69) is 70.3 Å². The van der Waals surface area contributed by atoms with Crippen molar-refractivity contribution in [3.8, 4) is 0 Å². The smallest absolute Gasteiger partial charge is 0.0208 e. The Bertz CT molecular complexity index is 815. The van der Waals surface area contributed by atoms with E-state index in [9.17, 15) is 0 Å². The van der Waals surface area contributed by atoms with Crippen LogP contribution in [-0.2, 0) is 6.54 Å². The van der Waals surface area contributed by atoms with Crippen molar-refractivity contribution >= 4 is 0 Å². The molecule has 0 spiro atoms. The van der Waals surface area contributed by atoms with Gasteiger partial charge in [-0.1, -0.05) is 84.2 Å². The molecule has 0 aliphatic heterocycles. The van der Waals surface area contributed by atoms with E-state index in [4.69, 9.17) is 0 Å². The lowest BCUT2D eigenvalue weighted by atomic mass is 9.44. The highest BCUT2D eigenvalue weighted by Gasteiger charge is 2.60. The normalized spacial score (nSPS) is 41.8. The third-order valence-corrected chi connectivity index (χ3v) is 12.3. The minimum atomic E-state index is 0.567. The fraction of sp³-hybridized carbons (Fsp3) is 0.824. The fourth-order valence-electron chi connectivity index (χ4n) is 10.4. The summed E-state index contributed by atoms with van der Waals surface area (Å²) in [5.41, 5.74) is 2.63. The van der Waals surface area contributed by atoms with Crippen LogP contribution in [0.1, 0.15) is 117 Å². The van der Waals surface area contributed by atoms with Gasteiger partial charge in [-0.2, -0.15) is 0 Å². The van der Waals surface area contributed by atoms with E-state index in [0.717, 1.165) is 48.0 Å². The molecule has 4 aliphatic rings. The molecular weight excluding hydrogens is 422 g/mol. The molecule has 0 radical (unpaired) electrons. The summed E-state index contributed by atoms with van der Waals surface area (Å²) in [4.78, 5) is 0. The molecular formula is C34H55N. The number of rotatable bonds is 8. The van der Waals surface area contributed by atoms with Crippen LogP contribution >= 0.6 is 0 Å². The van der Waals surface area contributed by atoms with Gasteiger partial charge in [0.1, 0.15) is 0 Å². The summed E-state index contributed by atoms with van der Waals surface area (Å²) in [5.74, 6) is 6.75. The summed E-state index contributed by atoms with van der Waals surface area (Å²) in [6.45, 7) is 13.9. The molecule has 0 heterocycles. The zero-order valence-electron chi connectivity index (χ0n) is 23.7. The Morgan fingerprint density at radius 1 is 0.829 bits per heavy atom. The molecule has 0 aromatic heterocycles. The SMILES string of the molecule is CC(C)CCCC(C)C1CCC2C3CCC4CC[C@@H](NCc5ccccc5)C[C@]4(C)C3CCC12C. The van der Waals surface area contributed by atoms with Crippen LogP contribution in [0.4, 0.5) is 0 Å². The molecule has 0 saturated heterocycles. The molecule has 1 nitrogen and oxygen atoms in total. The minimum Gasteiger partial charge on any atom is -0.310 e.